The lowest BCUT2D eigenvalue weighted by Crippen LogP contribution is -2.11. The van der Waals surface area contributed by atoms with E-state index in [4.69, 9.17) is 0 Å². The zero-order chi connectivity index (χ0) is 12.1. The number of rotatable bonds is 5. The number of nitro groups is 1. The third kappa shape index (κ3) is 4.10. The molecule has 0 saturated carbocycles. The fraction of sp³-hybridized carbons (Fsp3) is 0.167. The molecule has 0 unspecified atom stereocenters. The average molecular weight is 285 g/mol. The standard InChI is InChI=1S/C12H12N2O2S.ClH/c15-14(16)11-4-1-3-10(7-11)8-13-9-12-5-2-6-17-12;/h1-7,13H,8-9H2;1H. The predicted octanol–water partition coefficient (Wildman–Crippen LogP) is 3.37. The molecule has 0 saturated heterocycles. The van der Waals surface area contributed by atoms with E-state index >= 15 is 0 Å². The molecule has 4 nitrogen and oxygen atoms in total. The highest BCUT2D eigenvalue weighted by atomic mass is 35.5. The van der Waals surface area contributed by atoms with Gasteiger partial charge in [0.15, 0.2) is 0 Å². The predicted molar refractivity (Wildman–Crippen MR) is 75.2 cm³/mol. The van der Waals surface area contributed by atoms with Crippen LogP contribution in [0.1, 0.15) is 10.4 Å². The summed E-state index contributed by atoms with van der Waals surface area (Å²) in [7, 11) is 0. The van der Waals surface area contributed by atoms with Crippen molar-refractivity contribution in [2.45, 2.75) is 13.1 Å². The lowest BCUT2D eigenvalue weighted by Gasteiger charge is -2.03. The van der Waals surface area contributed by atoms with Gasteiger partial charge < -0.3 is 5.32 Å². The second-order valence-corrected chi connectivity index (χ2v) is 4.64. The van der Waals surface area contributed by atoms with Crippen molar-refractivity contribution in [3.63, 3.8) is 0 Å². The van der Waals surface area contributed by atoms with Crippen LogP contribution >= 0.6 is 23.7 Å². The van der Waals surface area contributed by atoms with Crippen molar-refractivity contribution in [3.8, 4) is 0 Å². The van der Waals surface area contributed by atoms with Crippen LogP contribution in [-0.2, 0) is 13.1 Å². The molecule has 18 heavy (non-hydrogen) atoms. The largest absolute Gasteiger partial charge is 0.308 e. The molecule has 0 bridgehead atoms. The second-order valence-electron chi connectivity index (χ2n) is 3.61. The number of nitrogens with zero attached hydrogens (tertiary/aromatic N) is 1. The molecule has 0 aliphatic carbocycles. The van der Waals surface area contributed by atoms with Gasteiger partial charge in [-0.05, 0) is 17.0 Å². The highest BCUT2D eigenvalue weighted by Crippen LogP contribution is 2.13. The van der Waals surface area contributed by atoms with E-state index in [0.29, 0.717) is 6.54 Å². The maximum atomic E-state index is 10.6. The summed E-state index contributed by atoms with van der Waals surface area (Å²) in [6.45, 7) is 1.43. The Kier molecular flexibility index (Phi) is 5.77. The Morgan fingerprint density at radius 1 is 1.22 bits per heavy atom. The second kappa shape index (κ2) is 7.10. The molecule has 0 aliphatic rings. The number of thiophene rings is 1. The van der Waals surface area contributed by atoms with Crippen molar-refractivity contribution < 1.29 is 4.92 Å². The molecule has 0 fully saturated rings. The van der Waals surface area contributed by atoms with Gasteiger partial charge in [-0.1, -0.05) is 18.2 Å². The fourth-order valence-corrected chi connectivity index (χ4v) is 2.20. The maximum absolute atomic E-state index is 10.6. The molecule has 1 aromatic carbocycles. The zero-order valence-corrected chi connectivity index (χ0v) is 11.2. The number of hydrogen-bond donors (Lipinski definition) is 1. The van der Waals surface area contributed by atoms with Crippen molar-refractivity contribution >= 4 is 29.4 Å². The van der Waals surface area contributed by atoms with E-state index in [1.54, 1.807) is 23.5 Å². The van der Waals surface area contributed by atoms with Crippen LogP contribution in [0.3, 0.4) is 0 Å². The van der Waals surface area contributed by atoms with Crippen LogP contribution in [-0.4, -0.2) is 4.92 Å². The van der Waals surface area contributed by atoms with E-state index in [1.807, 2.05) is 17.5 Å². The number of non-ortho nitro benzene ring substituents is 1. The van der Waals surface area contributed by atoms with Crippen molar-refractivity contribution in [1.82, 2.24) is 5.32 Å². The molecule has 2 aromatic rings. The molecule has 0 radical (unpaired) electrons. The Labute approximate surface area is 115 Å². The molecule has 96 valence electrons. The summed E-state index contributed by atoms with van der Waals surface area (Å²) in [5.74, 6) is 0. The van der Waals surface area contributed by atoms with Gasteiger partial charge in [-0.3, -0.25) is 10.1 Å². The van der Waals surface area contributed by atoms with Crippen LogP contribution in [0.25, 0.3) is 0 Å². The summed E-state index contributed by atoms with van der Waals surface area (Å²) in [4.78, 5) is 11.5. The molecular formula is C12H13ClN2O2S. The number of hydrogen-bond acceptors (Lipinski definition) is 4. The summed E-state index contributed by atoms with van der Waals surface area (Å²) >= 11 is 1.70. The number of nitrogens with one attached hydrogen (secondary N) is 1. The minimum atomic E-state index is -0.372. The van der Waals surface area contributed by atoms with E-state index in [0.717, 1.165) is 12.1 Å². The fourth-order valence-electron chi connectivity index (χ4n) is 1.52. The zero-order valence-electron chi connectivity index (χ0n) is 9.54. The van der Waals surface area contributed by atoms with Gasteiger partial charge >= 0.3 is 0 Å². The van der Waals surface area contributed by atoms with Gasteiger partial charge in [0.25, 0.3) is 5.69 Å². The monoisotopic (exact) mass is 284 g/mol. The lowest BCUT2D eigenvalue weighted by atomic mass is 10.2. The lowest BCUT2D eigenvalue weighted by molar-refractivity contribution is -0.384. The van der Waals surface area contributed by atoms with Crippen LogP contribution < -0.4 is 5.32 Å². The summed E-state index contributed by atoms with van der Waals surface area (Å²) in [5, 5.41) is 15.9. The first kappa shape index (κ1) is 14.6. The topological polar surface area (TPSA) is 55.2 Å². The van der Waals surface area contributed by atoms with E-state index in [-0.39, 0.29) is 23.0 Å². The molecule has 1 heterocycles. The van der Waals surface area contributed by atoms with Gasteiger partial charge in [-0.15, -0.1) is 23.7 Å². The first-order valence-corrected chi connectivity index (χ1v) is 6.10. The Balaban J connectivity index is 0.00000162. The van der Waals surface area contributed by atoms with Gasteiger partial charge in [0.05, 0.1) is 4.92 Å². The quantitative estimate of drug-likeness (QED) is 0.676. The molecule has 0 amide bonds. The van der Waals surface area contributed by atoms with E-state index in [2.05, 4.69) is 11.4 Å². The third-order valence-electron chi connectivity index (χ3n) is 2.33. The Morgan fingerprint density at radius 3 is 2.72 bits per heavy atom. The highest BCUT2D eigenvalue weighted by molar-refractivity contribution is 7.09. The molecule has 6 heteroatoms. The molecular weight excluding hydrogens is 272 g/mol. The highest BCUT2D eigenvalue weighted by Gasteiger charge is 2.05. The summed E-state index contributed by atoms with van der Waals surface area (Å²) in [6.07, 6.45) is 0. The van der Waals surface area contributed by atoms with Crippen molar-refractivity contribution in [1.29, 1.82) is 0 Å². The average Bonchev–Trinajstić information content (AvgIpc) is 2.82. The summed E-state index contributed by atoms with van der Waals surface area (Å²) in [6, 6.07) is 10.8. The van der Waals surface area contributed by atoms with Crippen LogP contribution in [0.15, 0.2) is 41.8 Å². The third-order valence-corrected chi connectivity index (χ3v) is 3.21. The molecule has 1 N–H and O–H groups in total. The SMILES string of the molecule is Cl.O=[N+]([O-])c1cccc(CNCc2cccs2)c1. The minimum absolute atomic E-state index is 0. The maximum Gasteiger partial charge on any atom is 0.269 e. The van der Waals surface area contributed by atoms with Gasteiger partial charge in [0, 0.05) is 30.1 Å². The van der Waals surface area contributed by atoms with Gasteiger partial charge in [0.1, 0.15) is 0 Å². The first-order chi connectivity index (χ1) is 8.25. The van der Waals surface area contributed by atoms with Crippen molar-refractivity contribution in [2.75, 3.05) is 0 Å². The van der Waals surface area contributed by atoms with E-state index in [9.17, 15) is 10.1 Å². The molecule has 0 atom stereocenters. The Bertz CT molecular complexity index is 503. The number of halogens is 1. The molecule has 2 rings (SSSR count). The molecule has 0 spiro atoms. The Morgan fingerprint density at radius 2 is 2.06 bits per heavy atom. The van der Waals surface area contributed by atoms with Crippen molar-refractivity contribution in [3.05, 3.63) is 62.3 Å². The van der Waals surface area contributed by atoms with E-state index < -0.39 is 0 Å². The van der Waals surface area contributed by atoms with Gasteiger partial charge in [-0.25, -0.2) is 0 Å². The van der Waals surface area contributed by atoms with Gasteiger partial charge in [0.2, 0.25) is 0 Å². The minimum Gasteiger partial charge on any atom is -0.308 e. The normalized spacial score (nSPS) is 9.78. The first-order valence-electron chi connectivity index (χ1n) is 5.22. The van der Waals surface area contributed by atoms with Crippen molar-refractivity contribution in [2.24, 2.45) is 0 Å². The molecule has 0 aliphatic heterocycles. The smallest absolute Gasteiger partial charge is 0.269 e. The van der Waals surface area contributed by atoms with Crippen LogP contribution in [0.5, 0.6) is 0 Å². The number of nitro benzene ring substituents is 1. The van der Waals surface area contributed by atoms with Gasteiger partial charge in [-0.2, -0.15) is 0 Å². The van der Waals surface area contributed by atoms with Crippen LogP contribution in [0, 0.1) is 10.1 Å². The number of benzene rings is 1. The Hall–Kier alpha value is -1.43. The summed E-state index contributed by atoms with van der Waals surface area (Å²) < 4.78 is 0. The van der Waals surface area contributed by atoms with Crippen LogP contribution in [0.2, 0.25) is 0 Å². The van der Waals surface area contributed by atoms with Crippen LogP contribution in [0.4, 0.5) is 5.69 Å². The summed E-state index contributed by atoms with van der Waals surface area (Å²) in [5.41, 5.74) is 1.07. The van der Waals surface area contributed by atoms with E-state index in [1.165, 1.54) is 10.9 Å². The molecule has 1 aromatic heterocycles.